The van der Waals surface area contributed by atoms with Gasteiger partial charge >= 0.3 is 0 Å². The molecule has 0 bridgehead atoms. The molecule has 1 heterocycles. The van der Waals surface area contributed by atoms with Crippen molar-refractivity contribution in [2.45, 2.75) is 4.90 Å². The summed E-state index contributed by atoms with van der Waals surface area (Å²) in [5.41, 5.74) is -0.116. The summed E-state index contributed by atoms with van der Waals surface area (Å²) in [6.45, 7) is 0. The molecule has 0 amide bonds. The van der Waals surface area contributed by atoms with Gasteiger partial charge in [-0.15, -0.1) is 0 Å². The molecule has 5 nitrogen and oxygen atoms in total. The van der Waals surface area contributed by atoms with Gasteiger partial charge in [0.2, 0.25) is 0 Å². The third-order valence-electron chi connectivity index (χ3n) is 2.46. The van der Waals surface area contributed by atoms with E-state index < -0.39 is 15.8 Å². The molecule has 0 atom stereocenters. The predicted molar refractivity (Wildman–Crippen MR) is 78.7 cm³/mol. The van der Waals surface area contributed by atoms with E-state index in [1.54, 1.807) is 13.1 Å². The second kappa shape index (κ2) is 5.76. The van der Waals surface area contributed by atoms with Crippen LogP contribution in [-0.2, 0) is 10.0 Å². The van der Waals surface area contributed by atoms with Gasteiger partial charge in [-0.2, -0.15) is 0 Å². The molecule has 0 spiro atoms. The normalized spacial score (nSPS) is 11.2. The molecule has 2 rings (SSSR count). The second-order valence-electron chi connectivity index (χ2n) is 3.84. The molecule has 1 aromatic carbocycles. The van der Waals surface area contributed by atoms with Crippen LogP contribution in [0.3, 0.4) is 0 Å². The number of hydrogen-bond donors (Lipinski definition) is 2. The smallest absolute Gasteiger partial charge is 0.265 e. The quantitative estimate of drug-likeness (QED) is 0.880. The van der Waals surface area contributed by atoms with E-state index in [0.717, 1.165) is 0 Å². The summed E-state index contributed by atoms with van der Waals surface area (Å²) in [6, 6.07) is 6.93. The lowest BCUT2D eigenvalue weighted by Gasteiger charge is -2.12. The Kier molecular flexibility index (Phi) is 4.24. The number of nitrogens with zero attached hydrogens (tertiary/aromatic N) is 1. The van der Waals surface area contributed by atoms with Crippen molar-refractivity contribution in [3.05, 3.63) is 46.8 Å². The van der Waals surface area contributed by atoms with Gasteiger partial charge < -0.3 is 5.32 Å². The Morgan fingerprint density at radius 1 is 1.30 bits per heavy atom. The number of aromatic nitrogens is 1. The summed E-state index contributed by atoms with van der Waals surface area (Å²) in [5, 5.41) is 2.68. The van der Waals surface area contributed by atoms with Gasteiger partial charge in [-0.25, -0.2) is 17.8 Å². The molecule has 20 heavy (non-hydrogen) atoms. The Hall–Kier alpha value is -1.67. The fraction of sp³-hybridized carbons (Fsp3) is 0.0833. The molecular formula is C12H11BrFN3O2S. The maximum absolute atomic E-state index is 13.5. The van der Waals surface area contributed by atoms with Gasteiger partial charge in [0.1, 0.15) is 16.5 Å². The molecule has 0 fully saturated rings. The number of halogens is 2. The maximum atomic E-state index is 13.5. The van der Waals surface area contributed by atoms with E-state index in [1.165, 1.54) is 30.5 Å². The van der Waals surface area contributed by atoms with E-state index in [-0.39, 0.29) is 16.4 Å². The first kappa shape index (κ1) is 14.7. The van der Waals surface area contributed by atoms with Crippen LogP contribution in [0.15, 0.2) is 45.9 Å². The third-order valence-corrected chi connectivity index (χ3v) is 4.28. The predicted octanol–water partition coefficient (Wildman–Crippen LogP) is 2.83. The third kappa shape index (κ3) is 3.07. The van der Waals surface area contributed by atoms with E-state index >= 15 is 0 Å². The molecule has 0 saturated carbocycles. The molecular weight excluding hydrogens is 349 g/mol. The number of pyridine rings is 1. The maximum Gasteiger partial charge on any atom is 0.265 e. The molecule has 2 N–H and O–H groups in total. The van der Waals surface area contributed by atoms with Crippen LogP contribution in [0.25, 0.3) is 0 Å². The summed E-state index contributed by atoms with van der Waals surface area (Å²) in [6.07, 6.45) is 1.47. The summed E-state index contributed by atoms with van der Waals surface area (Å²) in [4.78, 5) is 3.88. The standard InChI is InChI=1S/C12H11BrFN3O2S/c1-15-12-11(6-8(13)7-16-12)20(18,19)17-10-5-3-2-4-9(10)14/h2-7,17H,1H3,(H,15,16). The molecule has 8 heteroatoms. The highest BCUT2D eigenvalue weighted by atomic mass is 79.9. The van der Waals surface area contributed by atoms with E-state index in [0.29, 0.717) is 4.47 Å². The Balaban J connectivity index is 2.46. The summed E-state index contributed by atoms with van der Waals surface area (Å²) >= 11 is 3.16. The lowest BCUT2D eigenvalue weighted by Crippen LogP contribution is -2.16. The van der Waals surface area contributed by atoms with Gasteiger partial charge in [0.05, 0.1) is 5.69 Å². The molecule has 0 saturated heterocycles. The summed E-state index contributed by atoms with van der Waals surface area (Å²) in [5.74, 6) is -0.470. The molecule has 0 aliphatic heterocycles. The first-order valence-corrected chi connectivity index (χ1v) is 7.82. The van der Waals surface area contributed by atoms with Gasteiger partial charge in [-0.3, -0.25) is 4.72 Å². The minimum Gasteiger partial charge on any atom is -0.372 e. The van der Waals surface area contributed by atoms with Crippen molar-refractivity contribution in [2.75, 3.05) is 17.1 Å². The fourth-order valence-corrected chi connectivity index (χ4v) is 3.30. The van der Waals surface area contributed by atoms with Gasteiger partial charge in [-0.05, 0) is 34.1 Å². The van der Waals surface area contributed by atoms with Crippen molar-refractivity contribution < 1.29 is 12.8 Å². The van der Waals surface area contributed by atoms with Crippen LogP contribution in [0.5, 0.6) is 0 Å². The molecule has 0 aliphatic carbocycles. The Labute approximate surface area is 124 Å². The van der Waals surface area contributed by atoms with Crippen LogP contribution in [0, 0.1) is 5.82 Å². The van der Waals surface area contributed by atoms with Gasteiger partial charge in [0, 0.05) is 17.7 Å². The van der Waals surface area contributed by atoms with Gasteiger partial charge in [0.15, 0.2) is 0 Å². The minimum absolute atomic E-state index is 0.0716. The lowest BCUT2D eigenvalue weighted by molar-refractivity contribution is 0.598. The number of nitrogens with one attached hydrogen (secondary N) is 2. The largest absolute Gasteiger partial charge is 0.372 e. The van der Waals surface area contributed by atoms with E-state index in [1.807, 2.05) is 0 Å². The number of hydrogen-bond acceptors (Lipinski definition) is 4. The van der Waals surface area contributed by atoms with Gasteiger partial charge in [0.25, 0.3) is 10.0 Å². The van der Waals surface area contributed by atoms with Gasteiger partial charge in [-0.1, -0.05) is 12.1 Å². The zero-order chi connectivity index (χ0) is 14.8. The minimum atomic E-state index is -3.95. The first-order chi connectivity index (χ1) is 9.44. The van der Waals surface area contributed by atoms with Crippen molar-refractivity contribution >= 4 is 37.5 Å². The number of benzene rings is 1. The Morgan fingerprint density at radius 2 is 2.00 bits per heavy atom. The molecule has 0 radical (unpaired) electrons. The zero-order valence-electron chi connectivity index (χ0n) is 10.4. The van der Waals surface area contributed by atoms with Crippen LogP contribution in [0.2, 0.25) is 0 Å². The Morgan fingerprint density at radius 3 is 2.65 bits per heavy atom. The highest BCUT2D eigenvalue weighted by molar-refractivity contribution is 9.10. The van der Waals surface area contributed by atoms with E-state index in [2.05, 4.69) is 31.0 Å². The first-order valence-electron chi connectivity index (χ1n) is 5.54. The number of rotatable bonds is 4. The highest BCUT2D eigenvalue weighted by Gasteiger charge is 2.21. The molecule has 1 aromatic heterocycles. The van der Waals surface area contributed by atoms with Crippen LogP contribution >= 0.6 is 15.9 Å². The molecule has 0 unspecified atom stereocenters. The SMILES string of the molecule is CNc1ncc(Br)cc1S(=O)(=O)Nc1ccccc1F. The zero-order valence-corrected chi connectivity index (χ0v) is 12.8. The summed E-state index contributed by atoms with van der Waals surface area (Å²) in [7, 11) is -2.39. The lowest BCUT2D eigenvalue weighted by atomic mass is 10.3. The van der Waals surface area contributed by atoms with Crippen LogP contribution in [0.4, 0.5) is 15.9 Å². The van der Waals surface area contributed by atoms with Crippen molar-refractivity contribution in [3.63, 3.8) is 0 Å². The molecule has 2 aromatic rings. The monoisotopic (exact) mass is 359 g/mol. The number of para-hydroxylation sites is 1. The van der Waals surface area contributed by atoms with E-state index in [4.69, 9.17) is 0 Å². The average Bonchev–Trinajstić information content (AvgIpc) is 2.41. The van der Waals surface area contributed by atoms with Crippen LogP contribution in [0.1, 0.15) is 0 Å². The molecule has 106 valence electrons. The highest BCUT2D eigenvalue weighted by Crippen LogP contribution is 2.25. The van der Waals surface area contributed by atoms with Crippen molar-refractivity contribution in [2.24, 2.45) is 0 Å². The number of sulfonamides is 1. The van der Waals surface area contributed by atoms with E-state index in [9.17, 15) is 12.8 Å². The Bertz CT molecular complexity index is 737. The van der Waals surface area contributed by atoms with Crippen LogP contribution in [-0.4, -0.2) is 20.4 Å². The average molecular weight is 360 g/mol. The topological polar surface area (TPSA) is 71.1 Å². The number of anilines is 2. The second-order valence-corrected chi connectivity index (χ2v) is 6.40. The van der Waals surface area contributed by atoms with Crippen molar-refractivity contribution in [3.8, 4) is 0 Å². The summed E-state index contributed by atoms with van der Waals surface area (Å²) < 4.78 is 40.9. The fourth-order valence-electron chi connectivity index (χ4n) is 1.56. The van der Waals surface area contributed by atoms with Crippen molar-refractivity contribution in [1.82, 2.24) is 4.98 Å². The van der Waals surface area contributed by atoms with Crippen LogP contribution < -0.4 is 10.0 Å². The molecule has 0 aliphatic rings. The van der Waals surface area contributed by atoms with Crippen molar-refractivity contribution in [1.29, 1.82) is 0 Å².